The Morgan fingerprint density at radius 3 is 1.93 bits per heavy atom. The molecule has 0 spiro atoms. The number of nitrogen functional groups attached to an aromatic ring is 1. The molecule has 0 aliphatic rings. The van der Waals surface area contributed by atoms with E-state index in [0.717, 1.165) is 5.69 Å². The minimum absolute atomic E-state index is 0.178. The van der Waals surface area contributed by atoms with Crippen molar-refractivity contribution in [1.29, 1.82) is 0 Å². The maximum atomic E-state index is 5.63. The number of anilines is 1. The maximum absolute atomic E-state index is 5.63. The van der Waals surface area contributed by atoms with Gasteiger partial charge in [0, 0.05) is 0 Å². The van der Waals surface area contributed by atoms with E-state index in [0.29, 0.717) is 0 Å². The van der Waals surface area contributed by atoms with Gasteiger partial charge in [-0.3, -0.25) is 0 Å². The molecular weight excluding hydrogens is 233 g/mol. The van der Waals surface area contributed by atoms with Gasteiger partial charge in [0.2, 0.25) is 0 Å². The van der Waals surface area contributed by atoms with Crippen LogP contribution in [0.3, 0.4) is 0 Å². The van der Waals surface area contributed by atoms with Crippen LogP contribution in [-0.4, -0.2) is 15.8 Å². The second-order valence-electron chi connectivity index (χ2n) is 3.11. The third-order valence-corrected chi connectivity index (χ3v) is 4.58. The third kappa shape index (κ3) is 2.40. The van der Waals surface area contributed by atoms with Gasteiger partial charge in [0.15, 0.2) is 0 Å². The summed E-state index contributed by atoms with van der Waals surface area (Å²) in [5.41, 5.74) is 6.48. The standard InChI is InChI=1S/C12H12AsN/c14-12-8-6-11(7-9-12)13-10-4-2-1-3-5-10/h1-9,13H,14H2. The SMILES string of the molecule is Nc1ccc([AsH]c2ccccc2)cc1. The van der Waals surface area contributed by atoms with Crippen molar-refractivity contribution in [1.82, 2.24) is 0 Å². The molecule has 14 heavy (non-hydrogen) atoms. The molecule has 2 aromatic rings. The van der Waals surface area contributed by atoms with Crippen LogP contribution in [0.15, 0.2) is 54.6 Å². The number of hydrogen-bond acceptors (Lipinski definition) is 1. The number of benzene rings is 2. The van der Waals surface area contributed by atoms with Crippen LogP contribution in [0, 0.1) is 0 Å². The van der Waals surface area contributed by atoms with Gasteiger partial charge < -0.3 is 0 Å². The summed E-state index contributed by atoms with van der Waals surface area (Å²) in [6, 6.07) is 18.8. The van der Waals surface area contributed by atoms with Crippen molar-refractivity contribution in [3.63, 3.8) is 0 Å². The van der Waals surface area contributed by atoms with Crippen LogP contribution in [0.25, 0.3) is 0 Å². The Bertz CT molecular complexity index is 394. The molecule has 2 rings (SSSR count). The molecule has 0 aliphatic heterocycles. The van der Waals surface area contributed by atoms with Gasteiger partial charge in [-0.1, -0.05) is 0 Å². The van der Waals surface area contributed by atoms with Crippen molar-refractivity contribution >= 4 is 30.1 Å². The van der Waals surface area contributed by atoms with Gasteiger partial charge >= 0.3 is 90.5 Å². The molecule has 0 fully saturated rings. The molecule has 0 radical (unpaired) electrons. The Kier molecular flexibility index (Phi) is 2.90. The second kappa shape index (κ2) is 4.34. The van der Waals surface area contributed by atoms with Crippen LogP contribution >= 0.6 is 0 Å². The first-order valence-corrected chi connectivity index (χ1v) is 6.62. The molecule has 0 saturated carbocycles. The predicted molar refractivity (Wildman–Crippen MR) is 63.7 cm³/mol. The number of rotatable bonds is 2. The Labute approximate surface area is 90.6 Å². The Balaban J connectivity index is 2.16. The molecule has 1 nitrogen and oxygen atoms in total. The van der Waals surface area contributed by atoms with Crippen molar-refractivity contribution in [2.75, 3.05) is 5.73 Å². The van der Waals surface area contributed by atoms with Crippen molar-refractivity contribution < 1.29 is 0 Å². The van der Waals surface area contributed by atoms with E-state index in [-0.39, 0.29) is 15.8 Å². The van der Waals surface area contributed by atoms with Crippen LogP contribution in [0.5, 0.6) is 0 Å². The Morgan fingerprint density at radius 2 is 1.29 bits per heavy atom. The van der Waals surface area contributed by atoms with E-state index in [4.69, 9.17) is 5.73 Å². The van der Waals surface area contributed by atoms with Gasteiger partial charge in [0.1, 0.15) is 0 Å². The van der Waals surface area contributed by atoms with Crippen LogP contribution < -0.4 is 14.4 Å². The summed E-state index contributed by atoms with van der Waals surface area (Å²) < 4.78 is 2.88. The average molecular weight is 245 g/mol. The molecule has 0 saturated heterocycles. The number of hydrogen-bond donors (Lipinski definition) is 1. The van der Waals surface area contributed by atoms with E-state index in [1.807, 2.05) is 12.1 Å². The summed E-state index contributed by atoms with van der Waals surface area (Å²) in [4.78, 5) is 0. The van der Waals surface area contributed by atoms with Crippen LogP contribution in [0.1, 0.15) is 0 Å². The molecule has 0 bridgehead atoms. The first-order chi connectivity index (χ1) is 6.84. The molecule has 0 amide bonds. The van der Waals surface area contributed by atoms with E-state index in [2.05, 4.69) is 42.5 Å². The monoisotopic (exact) mass is 245 g/mol. The second-order valence-corrected chi connectivity index (χ2v) is 6.06. The van der Waals surface area contributed by atoms with E-state index in [9.17, 15) is 0 Å². The summed E-state index contributed by atoms with van der Waals surface area (Å²) in [6.07, 6.45) is 0. The van der Waals surface area contributed by atoms with Crippen molar-refractivity contribution in [3.05, 3.63) is 54.6 Å². The predicted octanol–water partition coefficient (Wildman–Crippen LogP) is 0.656. The van der Waals surface area contributed by atoms with Gasteiger partial charge in [-0.2, -0.15) is 0 Å². The van der Waals surface area contributed by atoms with Gasteiger partial charge in [-0.05, 0) is 0 Å². The van der Waals surface area contributed by atoms with Crippen molar-refractivity contribution in [2.24, 2.45) is 0 Å². The summed E-state index contributed by atoms with van der Waals surface area (Å²) in [7, 11) is 0. The zero-order valence-corrected chi connectivity index (χ0v) is 9.87. The fraction of sp³-hybridized carbons (Fsp3) is 0. The van der Waals surface area contributed by atoms with E-state index >= 15 is 0 Å². The molecule has 0 heterocycles. The quantitative estimate of drug-likeness (QED) is 0.610. The molecule has 0 aliphatic carbocycles. The molecular formula is C12H12AsN. The fourth-order valence-electron chi connectivity index (χ4n) is 1.25. The van der Waals surface area contributed by atoms with E-state index in [1.165, 1.54) is 8.70 Å². The van der Waals surface area contributed by atoms with Crippen molar-refractivity contribution in [3.8, 4) is 0 Å². The molecule has 1 atom stereocenters. The summed E-state index contributed by atoms with van der Waals surface area (Å²) in [5, 5.41) is 0. The van der Waals surface area contributed by atoms with Crippen LogP contribution in [0.4, 0.5) is 5.69 Å². The zero-order valence-electron chi connectivity index (χ0n) is 7.77. The van der Waals surface area contributed by atoms with E-state index in [1.54, 1.807) is 0 Å². The zero-order chi connectivity index (χ0) is 9.80. The van der Waals surface area contributed by atoms with Gasteiger partial charge in [-0.15, -0.1) is 0 Å². The van der Waals surface area contributed by atoms with Gasteiger partial charge in [0.25, 0.3) is 0 Å². The third-order valence-electron chi connectivity index (χ3n) is 1.97. The van der Waals surface area contributed by atoms with Gasteiger partial charge in [0.05, 0.1) is 0 Å². The Hall–Kier alpha value is -1.20. The Morgan fingerprint density at radius 1 is 0.714 bits per heavy atom. The summed E-state index contributed by atoms with van der Waals surface area (Å²) in [6.45, 7) is 0. The van der Waals surface area contributed by atoms with Gasteiger partial charge in [-0.25, -0.2) is 0 Å². The summed E-state index contributed by atoms with van der Waals surface area (Å²) >= 11 is -0.178. The molecule has 1 unspecified atom stereocenters. The van der Waals surface area contributed by atoms with E-state index < -0.39 is 0 Å². The molecule has 2 heteroatoms. The normalized spacial score (nSPS) is 10.9. The molecule has 2 aromatic carbocycles. The average Bonchev–Trinajstić information content (AvgIpc) is 2.23. The topological polar surface area (TPSA) is 26.0 Å². The molecule has 0 aromatic heterocycles. The first kappa shape index (κ1) is 9.36. The summed E-state index contributed by atoms with van der Waals surface area (Å²) in [5.74, 6) is 0. The first-order valence-electron chi connectivity index (χ1n) is 4.52. The number of nitrogens with two attached hydrogens (primary N) is 1. The molecule has 70 valence electrons. The molecule has 2 N–H and O–H groups in total. The van der Waals surface area contributed by atoms with Crippen LogP contribution in [0.2, 0.25) is 0 Å². The van der Waals surface area contributed by atoms with Crippen molar-refractivity contribution in [2.45, 2.75) is 0 Å². The fourth-order valence-corrected chi connectivity index (χ4v) is 3.41. The van der Waals surface area contributed by atoms with Crippen LogP contribution in [-0.2, 0) is 0 Å². The minimum atomic E-state index is -0.178.